The summed E-state index contributed by atoms with van der Waals surface area (Å²) in [7, 11) is 0. The van der Waals surface area contributed by atoms with Crippen LogP contribution in [-0.2, 0) is 20.7 Å². The zero-order valence-corrected chi connectivity index (χ0v) is 14.8. The van der Waals surface area contributed by atoms with Crippen molar-refractivity contribution in [3.05, 3.63) is 35.5 Å². The molecule has 2 fully saturated rings. The molecule has 4 rings (SSSR count). The number of thiazole rings is 1. The summed E-state index contributed by atoms with van der Waals surface area (Å²) < 4.78 is 11.3. The van der Waals surface area contributed by atoms with Crippen molar-refractivity contribution in [3.63, 3.8) is 0 Å². The summed E-state index contributed by atoms with van der Waals surface area (Å²) in [5.41, 5.74) is 1.64. The van der Waals surface area contributed by atoms with Crippen LogP contribution in [0.5, 0.6) is 0 Å². The molecule has 0 aromatic carbocycles. The Hall–Kier alpha value is -1.83. The van der Waals surface area contributed by atoms with Gasteiger partial charge in [-0.05, 0) is 31.4 Å². The SMILES string of the molecule is O=C(Cc1csc(-c2ccccn2)n1)N1CCCCC1C1OCCO1. The Kier molecular flexibility index (Phi) is 5.05. The molecular formula is C18H21N3O3S. The van der Waals surface area contributed by atoms with E-state index in [1.807, 2.05) is 28.5 Å². The van der Waals surface area contributed by atoms with Crippen LogP contribution in [0.15, 0.2) is 29.8 Å². The minimum atomic E-state index is -0.274. The number of amides is 1. The zero-order chi connectivity index (χ0) is 17.1. The van der Waals surface area contributed by atoms with Crippen molar-refractivity contribution in [2.75, 3.05) is 19.8 Å². The van der Waals surface area contributed by atoms with Crippen molar-refractivity contribution in [1.29, 1.82) is 0 Å². The molecule has 25 heavy (non-hydrogen) atoms. The number of ether oxygens (including phenoxy) is 2. The van der Waals surface area contributed by atoms with Gasteiger partial charge in [-0.15, -0.1) is 11.3 Å². The van der Waals surface area contributed by atoms with Gasteiger partial charge in [-0.1, -0.05) is 6.07 Å². The molecule has 0 N–H and O–H groups in total. The van der Waals surface area contributed by atoms with Gasteiger partial charge in [0.15, 0.2) is 6.29 Å². The molecule has 132 valence electrons. The van der Waals surface area contributed by atoms with E-state index < -0.39 is 0 Å². The number of aromatic nitrogens is 2. The third kappa shape index (κ3) is 3.73. The fraction of sp³-hybridized carbons (Fsp3) is 0.500. The van der Waals surface area contributed by atoms with Crippen LogP contribution in [0.3, 0.4) is 0 Å². The van der Waals surface area contributed by atoms with Gasteiger partial charge in [0.1, 0.15) is 5.01 Å². The van der Waals surface area contributed by atoms with Crippen molar-refractivity contribution in [1.82, 2.24) is 14.9 Å². The Bertz CT molecular complexity index is 715. The Morgan fingerprint density at radius 2 is 2.16 bits per heavy atom. The summed E-state index contributed by atoms with van der Waals surface area (Å²) in [5, 5.41) is 2.80. The highest BCUT2D eigenvalue weighted by Gasteiger charge is 2.36. The maximum absolute atomic E-state index is 12.8. The first-order valence-corrected chi connectivity index (χ1v) is 9.58. The summed E-state index contributed by atoms with van der Waals surface area (Å²) in [5.74, 6) is 0.0988. The average Bonchev–Trinajstić information content (AvgIpc) is 3.34. The molecule has 0 saturated carbocycles. The van der Waals surface area contributed by atoms with E-state index >= 15 is 0 Å². The van der Waals surface area contributed by atoms with Crippen molar-refractivity contribution in [2.45, 2.75) is 38.0 Å². The Morgan fingerprint density at radius 3 is 2.96 bits per heavy atom. The van der Waals surface area contributed by atoms with Gasteiger partial charge < -0.3 is 14.4 Å². The minimum Gasteiger partial charge on any atom is -0.348 e. The lowest BCUT2D eigenvalue weighted by Gasteiger charge is -2.38. The molecule has 0 bridgehead atoms. The second-order valence-corrected chi connectivity index (χ2v) is 7.15. The van der Waals surface area contributed by atoms with Gasteiger partial charge in [0, 0.05) is 18.1 Å². The van der Waals surface area contributed by atoms with Gasteiger partial charge >= 0.3 is 0 Å². The largest absolute Gasteiger partial charge is 0.348 e. The molecule has 2 saturated heterocycles. The highest BCUT2D eigenvalue weighted by Crippen LogP contribution is 2.26. The van der Waals surface area contributed by atoms with Crippen LogP contribution in [-0.4, -0.2) is 52.9 Å². The fourth-order valence-electron chi connectivity index (χ4n) is 3.40. The number of pyridine rings is 1. The van der Waals surface area contributed by atoms with E-state index in [0.29, 0.717) is 19.6 Å². The third-order valence-corrected chi connectivity index (χ3v) is 5.51. The summed E-state index contributed by atoms with van der Waals surface area (Å²) >= 11 is 1.52. The van der Waals surface area contributed by atoms with E-state index in [1.165, 1.54) is 11.3 Å². The monoisotopic (exact) mass is 359 g/mol. The van der Waals surface area contributed by atoms with E-state index in [1.54, 1.807) is 6.20 Å². The van der Waals surface area contributed by atoms with Crippen LogP contribution in [0.1, 0.15) is 25.0 Å². The molecule has 2 aliphatic heterocycles. The minimum absolute atomic E-state index is 0.0256. The van der Waals surface area contributed by atoms with Crippen LogP contribution in [0.25, 0.3) is 10.7 Å². The van der Waals surface area contributed by atoms with Gasteiger partial charge in [0.25, 0.3) is 0 Å². The van der Waals surface area contributed by atoms with E-state index in [4.69, 9.17) is 9.47 Å². The lowest BCUT2D eigenvalue weighted by Crippen LogP contribution is -2.50. The summed E-state index contributed by atoms with van der Waals surface area (Å²) in [4.78, 5) is 23.7. The number of hydrogen-bond donors (Lipinski definition) is 0. The predicted octanol–water partition coefficient (Wildman–Crippen LogP) is 2.50. The molecule has 7 heteroatoms. The molecular weight excluding hydrogens is 338 g/mol. The first kappa shape index (κ1) is 16.6. The number of carbonyl (C=O) groups excluding carboxylic acids is 1. The Labute approximate surface area is 150 Å². The number of carbonyl (C=O) groups is 1. The van der Waals surface area contributed by atoms with E-state index in [0.717, 1.165) is 42.2 Å². The van der Waals surface area contributed by atoms with Gasteiger partial charge in [-0.2, -0.15) is 0 Å². The Morgan fingerprint density at radius 1 is 1.28 bits per heavy atom. The molecule has 1 unspecified atom stereocenters. The van der Waals surface area contributed by atoms with Crippen LogP contribution in [0, 0.1) is 0 Å². The maximum atomic E-state index is 12.8. The predicted molar refractivity (Wildman–Crippen MR) is 94.1 cm³/mol. The quantitative estimate of drug-likeness (QED) is 0.839. The fourth-order valence-corrected chi connectivity index (χ4v) is 4.20. The van der Waals surface area contributed by atoms with E-state index in [9.17, 15) is 4.79 Å². The van der Waals surface area contributed by atoms with Crippen LogP contribution in [0.4, 0.5) is 0 Å². The lowest BCUT2D eigenvalue weighted by atomic mass is 10.0. The Balaban J connectivity index is 1.44. The highest BCUT2D eigenvalue weighted by atomic mass is 32.1. The standard InChI is InChI=1S/C18H21N3O3S/c22-16(21-8-4-2-6-15(21)18-23-9-10-24-18)11-13-12-25-17(20-13)14-5-1-3-7-19-14/h1,3,5,7,12,15,18H,2,4,6,8-11H2. The number of hydrogen-bond acceptors (Lipinski definition) is 6. The topological polar surface area (TPSA) is 64.6 Å². The van der Waals surface area contributed by atoms with Crippen molar-refractivity contribution in [3.8, 4) is 10.7 Å². The summed E-state index contributed by atoms with van der Waals surface area (Å²) in [6.45, 7) is 2.00. The number of rotatable bonds is 4. The number of likely N-dealkylation sites (tertiary alicyclic amines) is 1. The van der Waals surface area contributed by atoms with E-state index in [2.05, 4.69) is 9.97 Å². The molecule has 1 atom stereocenters. The summed E-state index contributed by atoms with van der Waals surface area (Å²) in [6, 6.07) is 5.78. The average molecular weight is 359 g/mol. The smallest absolute Gasteiger partial charge is 0.229 e. The molecule has 0 aliphatic carbocycles. The number of nitrogens with zero attached hydrogens (tertiary/aromatic N) is 3. The summed E-state index contributed by atoms with van der Waals surface area (Å²) in [6.07, 6.45) is 4.87. The third-order valence-electron chi connectivity index (χ3n) is 4.60. The molecule has 2 aliphatic rings. The van der Waals surface area contributed by atoms with Crippen molar-refractivity contribution in [2.24, 2.45) is 0 Å². The lowest BCUT2D eigenvalue weighted by molar-refractivity contribution is -0.150. The highest BCUT2D eigenvalue weighted by molar-refractivity contribution is 7.13. The van der Waals surface area contributed by atoms with Gasteiger partial charge in [-0.3, -0.25) is 9.78 Å². The molecule has 2 aromatic heterocycles. The maximum Gasteiger partial charge on any atom is 0.229 e. The molecule has 0 spiro atoms. The molecule has 1 amide bonds. The second-order valence-electron chi connectivity index (χ2n) is 6.30. The van der Waals surface area contributed by atoms with Crippen molar-refractivity contribution < 1.29 is 14.3 Å². The number of piperidine rings is 1. The van der Waals surface area contributed by atoms with Crippen LogP contribution >= 0.6 is 11.3 Å². The van der Waals surface area contributed by atoms with Gasteiger partial charge in [0.2, 0.25) is 5.91 Å². The second kappa shape index (κ2) is 7.59. The molecule has 6 nitrogen and oxygen atoms in total. The first-order valence-electron chi connectivity index (χ1n) is 8.70. The normalized spacial score (nSPS) is 21.6. The molecule has 2 aromatic rings. The molecule has 4 heterocycles. The van der Waals surface area contributed by atoms with Crippen LogP contribution in [0.2, 0.25) is 0 Å². The van der Waals surface area contributed by atoms with Crippen molar-refractivity contribution >= 4 is 17.2 Å². The first-order chi connectivity index (χ1) is 12.3. The van der Waals surface area contributed by atoms with E-state index in [-0.39, 0.29) is 18.2 Å². The zero-order valence-electron chi connectivity index (χ0n) is 14.0. The van der Waals surface area contributed by atoms with Gasteiger partial charge in [0.05, 0.1) is 37.1 Å². The van der Waals surface area contributed by atoms with Crippen LogP contribution < -0.4 is 0 Å². The molecule has 0 radical (unpaired) electrons. The van der Waals surface area contributed by atoms with Gasteiger partial charge in [-0.25, -0.2) is 4.98 Å².